The number of rotatable bonds is 4. The zero-order chi connectivity index (χ0) is 11.4. The van der Waals surface area contributed by atoms with Crippen molar-refractivity contribution in [1.82, 2.24) is 0 Å². The van der Waals surface area contributed by atoms with Crippen molar-refractivity contribution in [1.29, 1.82) is 0 Å². The molecule has 0 aliphatic heterocycles. The molecule has 0 fully saturated rings. The Morgan fingerprint density at radius 1 is 1.25 bits per heavy atom. The van der Waals surface area contributed by atoms with Gasteiger partial charge in [-0.2, -0.15) is 0 Å². The van der Waals surface area contributed by atoms with Gasteiger partial charge in [0.05, 0.1) is 5.25 Å². The topological polar surface area (TPSA) is 26.0 Å². The third kappa shape index (κ3) is 2.67. The predicted octanol–water partition coefficient (Wildman–Crippen LogP) is 3.85. The van der Waals surface area contributed by atoms with Gasteiger partial charge in [-0.1, -0.05) is 18.2 Å². The lowest BCUT2D eigenvalue weighted by atomic mass is 10.2. The molecule has 1 atom stereocenters. The number of benzene rings is 1. The Kier molecular flexibility index (Phi) is 4.04. The van der Waals surface area contributed by atoms with E-state index in [2.05, 4.69) is 42.6 Å². The van der Waals surface area contributed by atoms with Gasteiger partial charge in [0, 0.05) is 16.3 Å². The maximum absolute atomic E-state index is 5.87. The summed E-state index contributed by atoms with van der Waals surface area (Å²) in [5.41, 5.74) is 7.22. The summed E-state index contributed by atoms with van der Waals surface area (Å²) in [6.07, 6.45) is 0. The molecule has 0 saturated carbocycles. The molecule has 0 bridgehead atoms. The largest absolute Gasteiger partial charge is 0.329 e. The quantitative estimate of drug-likeness (QED) is 0.833. The van der Waals surface area contributed by atoms with Crippen molar-refractivity contribution in [3.63, 3.8) is 0 Å². The van der Waals surface area contributed by atoms with Crippen LogP contribution in [0.2, 0.25) is 0 Å². The van der Waals surface area contributed by atoms with Gasteiger partial charge in [0.15, 0.2) is 0 Å². The minimum Gasteiger partial charge on any atom is -0.329 e. The molecular formula is C13H15NS2. The van der Waals surface area contributed by atoms with E-state index in [9.17, 15) is 0 Å². The first-order chi connectivity index (χ1) is 7.81. The fraction of sp³-hybridized carbons (Fsp3) is 0.231. The lowest BCUT2D eigenvalue weighted by molar-refractivity contribution is 0.952. The average Bonchev–Trinajstić information content (AvgIpc) is 2.74. The monoisotopic (exact) mass is 249 g/mol. The van der Waals surface area contributed by atoms with Crippen LogP contribution in [0.4, 0.5) is 0 Å². The van der Waals surface area contributed by atoms with Gasteiger partial charge in [-0.3, -0.25) is 0 Å². The Hall–Kier alpha value is -0.770. The number of aryl methyl sites for hydroxylation is 1. The molecule has 0 amide bonds. The SMILES string of the molecule is Cc1ccsc1C(CN)Sc1ccccc1. The van der Waals surface area contributed by atoms with E-state index in [1.54, 1.807) is 11.3 Å². The molecule has 0 aliphatic rings. The van der Waals surface area contributed by atoms with Crippen LogP contribution < -0.4 is 5.73 Å². The van der Waals surface area contributed by atoms with Gasteiger partial charge in [-0.05, 0) is 36.1 Å². The van der Waals surface area contributed by atoms with Crippen LogP contribution in [0.15, 0.2) is 46.7 Å². The first kappa shape index (κ1) is 11.7. The third-order valence-corrected chi connectivity index (χ3v) is 4.97. The zero-order valence-corrected chi connectivity index (χ0v) is 10.9. The lowest BCUT2D eigenvalue weighted by Crippen LogP contribution is -2.08. The van der Waals surface area contributed by atoms with E-state index in [-0.39, 0.29) is 0 Å². The van der Waals surface area contributed by atoms with Crippen molar-refractivity contribution < 1.29 is 0 Å². The molecule has 1 unspecified atom stereocenters. The van der Waals surface area contributed by atoms with Crippen molar-refractivity contribution in [3.05, 3.63) is 52.2 Å². The van der Waals surface area contributed by atoms with Crippen LogP contribution in [0.5, 0.6) is 0 Å². The number of hydrogen-bond acceptors (Lipinski definition) is 3. The number of thioether (sulfide) groups is 1. The Balaban J connectivity index is 2.16. The van der Waals surface area contributed by atoms with E-state index >= 15 is 0 Å². The summed E-state index contributed by atoms with van der Waals surface area (Å²) in [6.45, 7) is 2.83. The van der Waals surface area contributed by atoms with E-state index in [4.69, 9.17) is 5.73 Å². The third-order valence-electron chi connectivity index (χ3n) is 2.43. The van der Waals surface area contributed by atoms with Gasteiger partial charge in [0.1, 0.15) is 0 Å². The molecule has 2 aromatic rings. The number of thiophene rings is 1. The Bertz CT molecular complexity index is 436. The van der Waals surface area contributed by atoms with Crippen LogP contribution in [-0.2, 0) is 0 Å². The second-order valence-corrected chi connectivity index (χ2v) is 5.85. The average molecular weight is 249 g/mol. The molecule has 0 saturated heterocycles. The minimum absolute atomic E-state index is 0.377. The van der Waals surface area contributed by atoms with Gasteiger partial charge in [-0.25, -0.2) is 0 Å². The smallest absolute Gasteiger partial charge is 0.0563 e. The molecule has 2 rings (SSSR count). The van der Waals surface area contributed by atoms with Gasteiger partial charge in [0.25, 0.3) is 0 Å². The first-order valence-corrected chi connectivity index (χ1v) is 7.03. The highest BCUT2D eigenvalue weighted by molar-refractivity contribution is 7.99. The number of hydrogen-bond donors (Lipinski definition) is 1. The molecule has 0 radical (unpaired) electrons. The highest BCUT2D eigenvalue weighted by Gasteiger charge is 2.14. The van der Waals surface area contributed by atoms with Crippen LogP contribution in [0.3, 0.4) is 0 Å². The normalized spacial score (nSPS) is 12.6. The Labute approximate surface area is 105 Å². The fourth-order valence-electron chi connectivity index (χ4n) is 1.59. The number of nitrogens with two attached hydrogens (primary N) is 1. The molecule has 1 heterocycles. The molecule has 3 heteroatoms. The first-order valence-electron chi connectivity index (χ1n) is 5.27. The van der Waals surface area contributed by atoms with Gasteiger partial charge in [0.2, 0.25) is 0 Å². The molecule has 0 spiro atoms. The van der Waals surface area contributed by atoms with E-state index in [0.717, 1.165) is 0 Å². The van der Waals surface area contributed by atoms with Crippen LogP contribution in [-0.4, -0.2) is 6.54 Å². The second kappa shape index (κ2) is 5.53. The lowest BCUT2D eigenvalue weighted by Gasteiger charge is -2.13. The van der Waals surface area contributed by atoms with Crippen molar-refractivity contribution >= 4 is 23.1 Å². The summed E-state index contributed by atoms with van der Waals surface area (Å²) in [5.74, 6) is 0. The predicted molar refractivity (Wildman–Crippen MR) is 73.2 cm³/mol. The van der Waals surface area contributed by atoms with Crippen molar-refractivity contribution in [2.75, 3.05) is 6.54 Å². The standard InChI is InChI=1S/C13H15NS2/c1-10-7-8-15-13(10)12(9-14)16-11-5-3-2-4-6-11/h2-8,12H,9,14H2,1H3. The fourth-order valence-corrected chi connectivity index (χ4v) is 3.85. The van der Waals surface area contributed by atoms with E-state index < -0.39 is 0 Å². The summed E-state index contributed by atoms with van der Waals surface area (Å²) < 4.78 is 0. The van der Waals surface area contributed by atoms with Crippen LogP contribution in [0.25, 0.3) is 0 Å². The molecule has 1 nitrogen and oxygen atoms in total. The van der Waals surface area contributed by atoms with E-state index in [0.29, 0.717) is 11.8 Å². The maximum Gasteiger partial charge on any atom is 0.0563 e. The minimum atomic E-state index is 0.377. The molecular weight excluding hydrogens is 234 g/mol. The molecule has 1 aromatic heterocycles. The molecule has 1 aromatic carbocycles. The molecule has 2 N–H and O–H groups in total. The Morgan fingerprint density at radius 2 is 2.00 bits per heavy atom. The second-order valence-electron chi connectivity index (χ2n) is 3.62. The van der Waals surface area contributed by atoms with Gasteiger partial charge in [-0.15, -0.1) is 23.1 Å². The van der Waals surface area contributed by atoms with Crippen LogP contribution in [0.1, 0.15) is 15.7 Å². The molecule has 84 valence electrons. The van der Waals surface area contributed by atoms with Gasteiger partial charge >= 0.3 is 0 Å². The summed E-state index contributed by atoms with van der Waals surface area (Å²) in [7, 11) is 0. The molecule has 0 aliphatic carbocycles. The summed E-state index contributed by atoms with van der Waals surface area (Å²) in [6, 6.07) is 12.6. The molecule has 16 heavy (non-hydrogen) atoms. The van der Waals surface area contributed by atoms with E-state index in [1.807, 2.05) is 17.8 Å². The van der Waals surface area contributed by atoms with Crippen LogP contribution >= 0.6 is 23.1 Å². The highest BCUT2D eigenvalue weighted by Crippen LogP contribution is 2.38. The summed E-state index contributed by atoms with van der Waals surface area (Å²) in [4.78, 5) is 2.68. The summed E-state index contributed by atoms with van der Waals surface area (Å²) >= 11 is 3.65. The van der Waals surface area contributed by atoms with Crippen molar-refractivity contribution in [3.8, 4) is 0 Å². The van der Waals surface area contributed by atoms with E-state index in [1.165, 1.54) is 15.3 Å². The van der Waals surface area contributed by atoms with Crippen LogP contribution in [0, 0.1) is 6.92 Å². The highest BCUT2D eigenvalue weighted by atomic mass is 32.2. The summed E-state index contributed by atoms with van der Waals surface area (Å²) in [5, 5.41) is 2.52. The maximum atomic E-state index is 5.87. The van der Waals surface area contributed by atoms with Crippen molar-refractivity contribution in [2.24, 2.45) is 5.73 Å². The zero-order valence-electron chi connectivity index (χ0n) is 9.22. The Morgan fingerprint density at radius 3 is 2.56 bits per heavy atom. The van der Waals surface area contributed by atoms with Crippen molar-refractivity contribution in [2.45, 2.75) is 17.1 Å². The van der Waals surface area contributed by atoms with Gasteiger partial charge < -0.3 is 5.73 Å².